The lowest BCUT2D eigenvalue weighted by molar-refractivity contribution is 0.168. The molecule has 1 aliphatic heterocycles. The summed E-state index contributed by atoms with van der Waals surface area (Å²) in [6.07, 6.45) is 3.86. The zero-order valence-electron chi connectivity index (χ0n) is 14.8. The van der Waals surface area contributed by atoms with Crippen molar-refractivity contribution < 1.29 is 9.90 Å². The predicted octanol–water partition coefficient (Wildman–Crippen LogP) is 2.35. The molecule has 1 fully saturated rings. The summed E-state index contributed by atoms with van der Waals surface area (Å²) in [6, 6.07) is 9.72. The number of likely N-dealkylation sites (tertiary alicyclic amines) is 1. The van der Waals surface area contributed by atoms with Crippen LogP contribution in [-0.4, -0.2) is 44.8 Å². The van der Waals surface area contributed by atoms with Crippen molar-refractivity contribution in [3.63, 3.8) is 0 Å². The van der Waals surface area contributed by atoms with E-state index >= 15 is 0 Å². The first kappa shape index (κ1) is 17.5. The summed E-state index contributed by atoms with van der Waals surface area (Å²) in [5.41, 5.74) is 1.07. The van der Waals surface area contributed by atoms with Crippen molar-refractivity contribution in [3.8, 4) is 0 Å². The lowest BCUT2D eigenvalue weighted by atomic mass is 10.0. The van der Waals surface area contributed by atoms with Gasteiger partial charge in [0, 0.05) is 32.0 Å². The van der Waals surface area contributed by atoms with Gasteiger partial charge in [0.1, 0.15) is 5.82 Å². The number of urea groups is 1. The molecule has 2 aromatic rings. The Bertz CT molecular complexity index is 700. The molecule has 25 heavy (non-hydrogen) atoms. The highest BCUT2D eigenvalue weighted by Gasteiger charge is 2.35. The normalized spacial score (nSPS) is 21.3. The Kier molecular flexibility index (Phi) is 5.38. The van der Waals surface area contributed by atoms with E-state index in [-0.39, 0.29) is 12.1 Å². The molecule has 3 unspecified atom stereocenters. The van der Waals surface area contributed by atoms with Gasteiger partial charge < -0.3 is 19.9 Å². The van der Waals surface area contributed by atoms with Gasteiger partial charge in [-0.15, -0.1) is 0 Å². The van der Waals surface area contributed by atoms with Crippen molar-refractivity contribution in [3.05, 3.63) is 54.1 Å². The number of aromatic nitrogens is 2. The number of hydrogen-bond acceptors (Lipinski definition) is 3. The highest BCUT2D eigenvalue weighted by Crippen LogP contribution is 2.31. The van der Waals surface area contributed by atoms with Crippen LogP contribution in [-0.2, 0) is 6.54 Å². The molecular formula is C19H26N4O2. The Morgan fingerprint density at radius 1 is 1.40 bits per heavy atom. The van der Waals surface area contributed by atoms with Crippen molar-refractivity contribution in [2.45, 2.75) is 39.0 Å². The van der Waals surface area contributed by atoms with Crippen LogP contribution in [0.4, 0.5) is 4.79 Å². The van der Waals surface area contributed by atoms with Crippen LogP contribution < -0.4 is 5.32 Å². The maximum Gasteiger partial charge on any atom is 0.318 e. The van der Waals surface area contributed by atoms with E-state index in [1.165, 1.54) is 0 Å². The van der Waals surface area contributed by atoms with Crippen molar-refractivity contribution in [2.75, 3.05) is 13.1 Å². The van der Waals surface area contributed by atoms with E-state index in [0.717, 1.165) is 17.9 Å². The van der Waals surface area contributed by atoms with Gasteiger partial charge in [0.15, 0.2) is 0 Å². The Hall–Kier alpha value is -2.34. The van der Waals surface area contributed by atoms with Gasteiger partial charge in [-0.25, -0.2) is 9.78 Å². The topological polar surface area (TPSA) is 70.4 Å². The fourth-order valence-corrected chi connectivity index (χ4v) is 3.39. The Labute approximate surface area is 148 Å². The van der Waals surface area contributed by atoms with Crippen molar-refractivity contribution >= 4 is 6.03 Å². The van der Waals surface area contributed by atoms with Crippen molar-refractivity contribution in [1.29, 1.82) is 0 Å². The molecule has 3 rings (SSSR count). The lowest BCUT2D eigenvalue weighted by Gasteiger charge is -2.26. The molecule has 6 nitrogen and oxygen atoms in total. The van der Waals surface area contributed by atoms with E-state index in [1.54, 1.807) is 11.1 Å². The standard InChI is InChI=1S/C19H26N4O2/c1-14(12-22-9-8-20-15(22)2)11-21-19(25)23-13-17(24)10-18(23)16-6-4-3-5-7-16/h3-9,14,17-18,24H,10-13H2,1-2H3,(H,21,25). The molecule has 0 spiro atoms. The summed E-state index contributed by atoms with van der Waals surface area (Å²) < 4.78 is 2.09. The second kappa shape index (κ2) is 7.70. The quantitative estimate of drug-likeness (QED) is 0.876. The number of nitrogens with zero attached hydrogens (tertiary/aromatic N) is 3. The Morgan fingerprint density at radius 3 is 2.84 bits per heavy atom. The van der Waals surface area contributed by atoms with E-state index in [0.29, 0.717) is 25.4 Å². The van der Waals surface area contributed by atoms with E-state index in [9.17, 15) is 9.90 Å². The van der Waals surface area contributed by atoms with E-state index in [1.807, 2.05) is 43.5 Å². The van der Waals surface area contributed by atoms with E-state index in [2.05, 4.69) is 21.8 Å². The number of aliphatic hydroxyl groups excluding tert-OH is 1. The molecule has 0 bridgehead atoms. The summed E-state index contributed by atoms with van der Waals surface area (Å²) in [7, 11) is 0. The average molecular weight is 342 g/mol. The molecule has 0 aliphatic carbocycles. The first-order chi connectivity index (χ1) is 12.0. The van der Waals surface area contributed by atoms with Crippen LogP contribution in [0, 0.1) is 12.8 Å². The molecule has 1 saturated heterocycles. The van der Waals surface area contributed by atoms with Crippen LogP contribution in [0.3, 0.4) is 0 Å². The zero-order valence-corrected chi connectivity index (χ0v) is 14.8. The molecule has 1 aromatic carbocycles. The summed E-state index contributed by atoms with van der Waals surface area (Å²) in [5.74, 6) is 1.27. The number of carbonyl (C=O) groups is 1. The van der Waals surface area contributed by atoms with Gasteiger partial charge in [-0.3, -0.25) is 0 Å². The minimum atomic E-state index is -0.470. The van der Waals surface area contributed by atoms with Crippen LogP contribution in [0.25, 0.3) is 0 Å². The maximum atomic E-state index is 12.6. The molecule has 2 amide bonds. The number of hydrogen-bond donors (Lipinski definition) is 2. The maximum absolute atomic E-state index is 12.6. The largest absolute Gasteiger partial charge is 0.391 e. The van der Waals surface area contributed by atoms with Crippen molar-refractivity contribution in [2.24, 2.45) is 5.92 Å². The number of imidazole rings is 1. The van der Waals surface area contributed by atoms with Gasteiger partial charge in [0.05, 0.1) is 12.1 Å². The van der Waals surface area contributed by atoms with E-state index < -0.39 is 6.10 Å². The first-order valence-electron chi connectivity index (χ1n) is 8.80. The van der Waals surface area contributed by atoms with E-state index in [4.69, 9.17) is 0 Å². The molecule has 2 heterocycles. The third-order valence-electron chi connectivity index (χ3n) is 4.76. The summed E-state index contributed by atoms with van der Waals surface area (Å²) in [6.45, 7) is 5.86. The molecular weight excluding hydrogens is 316 g/mol. The van der Waals surface area contributed by atoms with Gasteiger partial charge in [-0.2, -0.15) is 0 Å². The smallest absolute Gasteiger partial charge is 0.318 e. The molecule has 134 valence electrons. The number of aliphatic hydroxyl groups is 1. The fraction of sp³-hybridized carbons (Fsp3) is 0.474. The molecule has 1 aromatic heterocycles. The van der Waals surface area contributed by atoms with Crippen LogP contribution >= 0.6 is 0 Å². The van der Waals surface area contributed by atoms with Crippen molar-refractivity contribution in [1.82, 2.24) is 19.8 Å². The number of aryl methyl sites for hydroxylation is 1. The molecule has 0 radical (unpaired) electrons. The molecule has 2 N–H and O–H groups in total. The number of carbonyl (C=O) groups excluding carboxylic acids is 1. The SMILES string of the molecule is Cc1nccn1CC(C)CNC(=O)N1CC(O)CC1c1ccccc1. The Morgan fingerprint density at radius 2 is 2.16 bits per heavy atom. The van der Waals surface area contributed by atoms with Gasteiger partial charge in [-0.1, -0.05) is 37.3 Å². The molecule has 0 saturated carbocycles. The summed E-state index contributed by atoms with van der Waals surface area (Å²) >= 11 is 0. The van der Waals surface area contributed by atoms with Crippen LogP contribution in [0.1, 0.15) is 30.8 Å². The fourth-order valence-electron chi connectivity index (χ4n) is 3.39. The molecule has 1 aliphatic rings. The predicted molar refractivity (Wildman–Crippen MR) is 96.0 cm³/mol. The minimum absolute atomic E-state index is 0.0672. The van der Waals surface area contributed by atoms with Gasteiger partial charge in [-0.05, 0) is 24.8 Å². The summed E-state index contributed by atoms with van der Waals surface area (Å²) in [5, 5.41) is 13.0. The number of benzene rings is 1. The second-order valence-corrected chi connectivity index (χ2v) is 6.89. The number of amides is 2. The van der Waals surface area contributed by atoms with Crippen LogP contribution in [0.5, 0.6) is 0 Å². The Balaban J connectivity index is 1.57. The number of β-amino-alcohol motifs (C(OH)–C–C–N with tert-alkyl or cyclic N) is 1. The minimum Gasteiger partial charge on any atom is -0.391 e. The third kappa shape index (κ3) is 4.20. The number of nitrogens with one attached hydrogen (secondary N) is 1. The molecule has 6 heteroatoms. The molecule has 3 atom stereocenters. The summed E-state index contributed by atoms with van der Waals surface area (Å²) in [4.78, 5) is 18.6. The van der Waals surface area contributed by atoms with Gasteiger partial charge in [0.25, 0.3) is 0 Å². The van der Waals surface area contributed by atoms with Crippen LogP contribution in [0.2, 0.25) is 0 Å². The van der Waals surface area contributed by atoms with Crippen LogP contribution in [0.15, 0.2) is 42.7 Å². The third-order valence-corrected chi connectivity index (χ3v) is 4.76. The highest BCUT2D eigenvalue weighted by atomic mass is 16.3. The number of rotatable bonds is 5. The first-order valence-corrected chi connectivity index (χ1v) is 8.80. The highest BCUT2D eigenvalue weighted by molar-refractivity contribution is 5.75. The zero-order chi connectivity index (χ0) is 17.8. The monoisotopic (exact) mass is 342 g/mol. The van der Waals surface area contributed by atoms with Gasteiger partial charge >= 0.3 is 6.03 Å². The lowest BCUT2D eigenvalue weighted by Crippen LogP contribution is -2.42. The average Bonchev–Trinajstić information content (AvgIpc) is 3.19. The second-order valence-electron chi connectivity index (χ2n) is 6.89. The van der Waals surface area contributed by atoms with Gasteiger partial charge in [0.2, 0.25) is 0 Å².